The zero-order chi connectivity index (χ0) is 13.5. The Morgan fingerprint density at radius 1 is 1.21 bits per heavy atom. The molecule has 0 aromatic heterocycles. The molecule has 2 aliphatic rings. The van der Waals surface area contributed by atoms with Gasteiger partial charge in [-0.05, 0) is 30.4 Å². The van der Waals surface area contributed by atoms with Gasteiger partial charge in [0.25, 0.3) is 10.2 Å². The van der Waals surface area contributed by atoms with E-state index in [9.17, 15) is 8.42 Å². The van der Waals surface area contributed by atoms with E-state index in [-0.39, 0.29) is 10.9 Å². The van der Waals surface area contributed by atoms with Crippen LogP contribution in [0.3, 0.4) is 0 Å². The molecule has 1 aliphatic heterocycles. The van der Waals surface area contributed by atoms with Gasteiger partial charge in [0.05, 0.1) is 6.04 Å². The van der Waals surface area contributed by atoms with E-state index in [1.54, 1.807) is 4.31 Å². The average molecular weight is 345 g/mol. The van der Waals surface area contributed by atoms with Gasteiger partial charge in [0.1, 0.15) is 0 Å². The summed E-state index contributed by atoms with van der Waals surface area (Å²) in [4.78, 5) is 0.127. The molecular formula is C13H17BrN2O2S. The van der Waals surface area contributed by atoms with E-state index in [0.717, 1.165) is 24.8 Å². The van der Waals surface area contributed by atoms with Gasteiger partial charge in [-0.1, -0.05) is 40.2 Å². The van der Waals surface area contributed by atoms with Crippen molar-refractivity contribution in [3.05, 3.63) is 35.4 Å². The van der Waals surface area contributed by atoms with Crippen LogP contribution < -0.4 is 4.72 Å². The Hall–Kier alpha value is -0.430. The standard InChI is InChI=1S/C13H17BrN2O2S/c14-12-9-10-5-1-2-6-11(10)13(12)15-19(17,18)16-7-3-4-8-16/h1-2,5-6,12-13,15H,3-4,7-9H2. The van der Waals surface area contributed by atoms with Gasteiger partial charge >= 0.3 is 0 Å². The van der Waals surface area contributed by atoms with Crippen molar-refractivity contribution in [2.24, 2.45) is 0 Å². The van der Waals surface area contributed by atoms with Gasteiger partial charge in [0.2, 0.25) is 0 Å². The molecule has 0 radical (unpaired) electrons. The maximum atomic E-state index is 12.3. The van der Waals surface area contributed by atoms with Gasteiger partial charge in [-0.25, -0.2) is 0 Å². The summed E-state index contributed by atoms with van der Waals surface area (Å²) in [7, 11) is -3.37. The smallest absolute Gasteiger partial charge is 0.195 e. The summed E-state index contributed by atoms with van der Waals surface area (Å²) in [6.07, 6.45) is 2.78. The zero-order valence-electron chi connectivity index (χ0n) is 10.5. The fraction of sp³-hybridized carbons (Fsp3) is 0.538. The molecule has 3 rings (SSSR count). The minimum absolute atomic E-state index is 0.127. The van der Waals surface area contributed by atoms with Gasteiger partial charge in [-0.3, -0.25) is 0 Å². The number of nitrogens with one attached hydrogen (secondary N) is 1. The number of alkyl halides is 1. The highest BCUT2D eigenvalue weighted by atomic mass is 79.9. The van der Waals surface area contributed by atoms with Crippen molar-refractivity contribution < 1.29 is 8.42 Å². The summed E-state index contributed by atoms with van der Waals surface area (Å²) in [5.41, 5.74) is 2.31. The summed E-state index contributed by atoms with van der Waals surface area (Å²) < 4.78 is 29.1. The first-order chi connectivity index (χ1) is 9.08. The van der Waals surface area contributed by atoms with Gasteiger partial charge in [0, 0.05) is 17.9 Å². The maximum absolute atomic E-state index is 12.3. The van der Waals surface area contributed by atoms with Crippen molar-refractivity contribution in [2.45, 2.75) is 30.1 Å². The molecule has 0 bridgehead atoms. The highest BCUT2D eigenvalue weighted by Crippen LogP contribution is 2.36. The van der Waals surface area contributed by atoms with Crippen LogP contribution in [0.25, 0.3) is 0 Å². The predicted octanol–water partition coefficient (Wildman–Crippen LogP) is 1.98. The quantitative estimate of drug-likeness (QED) is 0.852. The lowest BCUT2D eigenvalue weighted by molar-refractivity contribution is 0.454. The zero-order valence-corrected chi connectivity index (χ0v) is 13.0. The van der Waals surface area contributed by atoms with Crippen LogP contribution in [0.2, 0.25) is 0 Å². The maximum Gasteiger partial charge on any atom is 0.280 e. The van der Waals surface area contributed by atoms with Crippen LogP contribution in [0, 0.1) is 0 Å². The van der Waals surface area contributed by atoms with Crippen LogP contribution in [0.4, 0.5) is 0 Å². The number of hydrogen-bond donors (Lipinski definition) is 1. The molecule has 0 saturated carbocycles. The highest BCUT2D eigenvalue weighted by molar-refractivity contribution is 9.09. The highest BCUT2D eigenvalue weighted by Gasteiger charge is 2.36. The Bertz CT molecular complexity index is 570. The van der Waals surface area contributed by atoms with Crippen LogP contribution in [-0.4, -0.2) is 30.6 Å². The van der Waals surface area contributed by atoms with E-state index >= 15 is 0 Å². The number of hydrogen-bond acceptors (Lipinski definition) is 2. The van der Waals surface area contributed by atoms with Crippen LogP contribution in [0.15, 0.2) is 24.3 Å². The second-order valence-corrected chi connectivity index (χ2v) is 8.00. The number of rotatable bonds is 3. The molecule has 1 N–H and O–H groups in total. The molecule has 2 unspecified atom stereocenters. The molecule has 0 amide bonds. The number of nitrogens with zero attached hydrogens (tertiary/aromatic N) is 1. The van der Waals surface area contributed by atoms with Crippen LogP contribution >= 0.6 is 15.9 Å². The minimum atomic E-state index is -3.37. The number of benzene rings is 1. The molecule has 1 aromatic carbocycles. The van der Waals surface area contributed by atoms with E-state index < -0.39 is 10.2 Å². The molecule has 1 saturated heterocycles. The summed E-state index contributed by atoms with van der Waals surface area (Å²) in [5.74, 6) is 0. The molecular weight excluding hydrogens is 328 g/mol. The summed E-state index contributed by atoms with van der Waals surface area (Å²) in [6.45, 7) is 1.27. The summed E-state index contributed by atoms with van der Waals surface area (Å²) in [5, 5.41) is 0. The SMILES string of the molecule is O=S(=O)(NC1c2ccccc2CC1Br)N1CCCC1. The monoisotopic (exact) mass is 344 g/mol. The normalized spacial score (nSPS) is 27.6. The van der Waals surface area contributed by atoms with Crippen molar-refractivity contribution in [3.8, 4) is 0 Å². The van der Waals surface area contributed by atoms with Crippen LogP contribution in [0.1, 0.15) is 30.0 Å². The molecule has 4 nitrogen and oxygen atoms in total. The molecule has 0 spiro atoms. The fourth-order valence-corrected chi connectivity index (χ4v) is 5.29. The van der Waals surface area contributed by atoms with Crippen molar-refractivity contribution in [1.29, 1.82) is 0 Å². The number of fused-ring (bicyclic) bond motifs is 1. The van der Waals surface area contributed by atoms with Crippen LogP contribution in [-0.2, 0) is 16.6 Å². The lowest BCUT2D eigenvalue weighted by Gasteiger charge is -2.22. The fourth-order valence-electron chi connectivity index (χ4n) is 2.85. The molecule has 1 aromatic rings. The third-order valence-corrected chi connectivity index (χ3v) is 6.30. The Labute approximate surface area is 122 Å². The van der Waals surface area contributed by atoms with E-state index in [1.807, 2.05) is 18.2 Å². The van der Waals surface area contributed by atoms with E-state index in [1.165, 1.54) is 5.56 Å². The minimum Gasteiger partial charge on any atom is -0.195 e. The van der Waals surface area contributed by atoms with Crippen molar-refractivity contribution in [2.75, 3.05) is 13.1 Å². The first-order valence-corrected chi connectivity index (χ1v) is 8.93. The second kappa shape index (κ2) is 5.16. The molecule has 1 aliphatic carbocycles. The Morgan fingerprint density at radius 2 is 1.89 bits per heavy atom. The van der Waals surface area contributed by atoms with Crippen molar-refractivity contribution in [3.63, 3.8) is 0 Å². The molecule has 2 atom stereocenters. The Balaban J connectivity index is 1.83. The topological polar surface area (TPSA) is 49.4 Å². The lowest BCUT2D eigenvalue weighted by Crippen LogP contribution is -2.42. The third kappa shape index (κ3) is 2.59. The molecule has 6 heteroatoms. The Kier molecular flexibility index (Phi) is 3.68. The van der Waals surface area contributed by atoms with Gasteiger partial charge in [-0.2, -0.15) is 17.4 Å². The summed E-state index contributed by atoms with van der Waals surface area (Å²) >= 11 is 3.60. The molecule has 104 valence electrons. The summed E-state index contributed by atoms with van der Waals surface area (Å²) in [6, 6.07) is 7.86. The van der Waals surface area contributed by atoms with Crippen LogP contribution in [0.5, 0.6) is 0 Å². The molecule has 1 fully saturated rings. The van der Waals surface area contributed by atoms with Gasteiger partial charge in [0.15, 0.2) is 0 Å². The first-order valence-electron chi connectivity index (χ1n) is 6.57. The Morgan fingerprint density at radius 3 is 2.63 bits per heavy atom. The predicted molar refractivity (Wildman–Crippen MR) is 78.5 cm³/mol. The second-order valence-electron chi connectivity index (χ2n) is 5.13. The van der Waals surface area contributed by atoms with Crippen molar-refractivity contribution in [1.82, 2.24) is 9.03 Å². The van der Waals surface area contributed by atoms with Crippen molar-refractivity contribution >= 4 is 26.1 Å². The molecule has 1 heterocycles. The van der Waals surface area contributed by atoms with E-state index in [4.69, 9.17) is 0 Å². The van der Waals surface area contributed by atoms with Gasteiger partial charge in [-0.15, -0.1) is 0 Å². The van der Waals surface area contributed by atoms with E-state index in [0.29, 0.717) is 13.1 Å². The lowest BCUT2D eigenvalue weighted by atomic mass is 10.1. The van der Waals surface area contributed by atoms with Gasteiger partial charge < -0.3 is 0 Å². The number of halogens is 1. The first kappa shape index (κ1) is 13.5. The largest absolute Gasteiger partial charge is 0.280 e. The molecule has 19 heavy (non-hydrogen) atoms. The average Bonchev–Trinajstić information content (AvgIpc) is 2.99. The third-order valence-electron chi connectivity index (χ3n) is 3.85. The van der Waals surface area contributed by atoms with E-state index in [2.05, 4.69) is 26.7 Å².